The number of amides is 1. The van der Waals surface area contributed by atoms with Crippen LogP contribution >= 0.6 is 11.8 Å². The molecule has 0 spiro atoms. The van der Waals surface area contributed by atoms with Crippen molar-refractivity contribution in [1.82, 2.24) is 0 Å². The molecule has 5 heteroatoms. The smallest absolute Gasteiger partial charge is 0.218 e. The van der Waals surface area contributed by atoms with Gasteiger partial charge in [-0.25, -0.2) is 0 Å². The van der Waals surface area contributed by atoms with Crippen LogP contribution in [-0.4, -0.2) is 11.7 Å². The van der Waals surface area contributed by atoms with Gasteiger partial charge in [0.05, 0.1) is 12.3 Å². The van der Waals surface area contributed by atoms with Crippen molar-refractivity contribution in [2.75, 3.05) is 11.1 Å². The van der Waals surface area contributed by atoms with Gasteiger partial charge in [0, 0.05) is 34.7 Å². The molecule has 22 heavy (non-hydrogen) atoms. The molecule has 116 valence electrons. The molecule has 1 aromatic carbocycles. The lowest BCUT2D eigenvalue weighted by Crippen LogP contribution is -2.16. The summed E-state index contributed by atoms with van der Waals surface area (Å²) in [5.41, 5.74) is 7.58. The summed E-state index contributed by atoms with van der Waals surface area (Å²) in [6.07, 6.45) is 5.43. The van der Waals surface area contributed by atoms with Crippen molar-refractivity contribution < 1.29 is 9.21 Å². The first-order valence-electron chi connectivity index (χ1n) is 7.57. The fourth-order valence-electron chi connectivity index (χ4n) is 2.80. The maximum Gasteiger partial charge on any atom is 0.218 e. The minimum absolute atomic E-state index is 0.256. The first-order valence-corrected chi connectivity index (χ1v) is 8.55. The molecule has 0 fully saturated rings. The van der Waals surface area contributed by atoms with Crippen LogP contribution in [0.1, 0.15) is 36.6 Å². The van der Waals surface area contributed by atoms with Crippen LogP contribution in [0.5, 0.6) is 0 Å². The molecule has 0 unspecified atom stereocenters. The van der Waals surface area contributed by atoms with Crippen LogP contribution < -0.4 is 11.1 Å². The van der Waals surface area contributed by atoms with Crippen molar-refractivity contribution in [3.63, 3.8) is 0 Å². The highest BCUT2D eigenvalue weighted by atomic mass is 32.2. The van der Waals surface area contributed by atoms with Gasteiger partial charge in [-0.05, 0) is 31.0 Å². The van der Waals surface area contributed by atoms with E-state index in [1.165, 1.54) is 5.56 Å². The van der Waals surface area contributed by atoms with Crippen LogP contribution in [0, 0.1) is 0 Å². The summed E-state index contributed by atoms with van der Waals surface area (Å²) in [6, 6.07) is 10.6. The lowest BCUT2D eigenvalue weighted by molar-refractivity contribution is -0.117. The summed E-state index contributed by atoms with van der Waals surface area (Å²) in [6.45, 7) is 0. The number of thioether (sulfide) groups is 1. The van der Waals surface area contributed by atoms with E-state index in [0.29, 0.717) is 18.2 Å². The van der Waals surface area contributed by atoms with Gasteiger partial charge < -0.3 is 15.5 Å². The van der Waals surface area contributed by atoms with Gasteiger partial charge in [0.25, 0.3) is 0 Å². The van der Waals surface area contributed by atoms with Crippen molar-refractivity contribution in [1.29, 1.82) is 0 Å². The molecule has 1 aliphatic rings. The molecular weight excluding hydrogens is 296 g/mol. The first-order chi connectivity index (χ1) is 10.7. The number of aryl methyl sites for hydroxylation is 1. The molecule has 2 aromatic rings. The predicted molar refractivity (Wildman–Crippen MR) is 89.0 cm³/mol. The zero-order valence-corrected chi connectivity index (χ0v) is 13.2. The Morgan fingerprint density at radius 1 is 1.36 bits per heavy atom. The number of hydrogen-bond acceptors (Lipinski definition) is 4. The van der Waals surface area contributed by atoms with E-state index in [2.05, 4.69) is 23.5 Å². The van der Waals surface area contributed by atoms with Crippen molar-refractivity contribution in [2.45, 2.75) is 36.6 Å². The van der Waals surface area contributed by atoms with Gasteiger partial charge >= 0.3 is 0 Å². The average molecular weight is 316 g/mol. The Hall–Kier alpha value is -1.88. The Morgan fingerprint density at radius 2 is 2.23 bits per heavy atom. The third kappa shape index (κ3) is 3.47. The Morgan fingerprint density at radius 3 is 3.09 bits per heavy atom. The molecule has 1 atom stereocenters. The second kappa shape index (κ2) is 6.92. The Bertz CT molecular complexity index is 654. The van der Waals surface area contributed by atoms with Gasteiger partial charge in [-0.3, -0.25) is 4.79 Å². The molecule has 0 bridgehead atoms. The second-order valence-corrected chi connectivity index (χ2v) is 6.59. The highest BCUT2D eigenvalue weighted by molar-refractivity contribution is 7.99. The third-order valence-corrected chi connectivity index (χ3v) is 4.95. The SMILES string of the molecule is NC(=O)CCSc1ccccc1N[C@H]1CCCc2occc21. The Labute approximate surface area is 134 Å². The molecule has 0 saturated carbocycles. The van der Waals surface area contributed by atoms with E-state index >= 15 is 0 Å². The maximum absolute atomic E-state index is 10.9. The monoisotopic (exact) mass is 316 g/mol. The normalized spacial score (nSPS) is 17.0. The van der Waals surface area contributed by atoms with Crippen LogP contribution in [0.4, 0.5) is 5.69 Å². The molecule has 4 nitrogen and oxygen atoms in total. The molecule has 0 radical (unpaired) electrons. The van der Waals surface area contributed by atoms with E-state index in [1.807, 2.05) is 12.1 Å². The van der Waals surface area contributed by atoms with Gasteiger partial charge in [0.1, 0.15) is 5.76 Å². The molecule has 1 aliphatic carbocycles. The Kier molecular flexibility index (Phi) is 4.73. The number of primary amides is 1. The van der Waals surface area contributed by atoms with Crippen molar-refractivity contribution in [3.05, 3.63) is 47.9 Å². The summed E-state index contributed by atoms with van der Waals surface area (Å²) in [4.78, 5) is 12.0. The van der Waals surface area contributed by atoms with E-state index in [1.54, 1.807) is 18.0 Å². The summed E-state index contributed by atoms with van der Waals surface area (Å²) in [7, 11) is 0. The second-order valence-electron chi connectivity index (χ2n) is 5.45. The van der Waals surface area contributed by atoms with Crippen molar-refractivity contribution in [3.8, 4) is 0 Å². The van der Waals surface area contributed by atoms with E-state index in [0.717, 1.165) is 35.6 Å². The standard InChI is InChI=1S/C17H20N2O2S/c18-17(20)9-11-22-16-7-2-1-4-14(16)19-13-5-3-6-15-12(13)8-10-21-15/h1-2,4,7-8,10,13,19H,3,5-6,9,11H2,(H2,18,20)/t13-/m0/s1. The van der Waals surface area contributed by atoms with Crippen LogP contribution in [-0.2, 0) is 11.2 Å². The minimum Gasteiger partial charge on any atom is -0.469 e. The quantitative estimate of drug-likeness (QED) is 0.797. The summed E-state index contributed by atoms with van der Waals surface area (Å²) >= 11 is 1.66. The number of para-hydroxylation sites is 1. The highest BCUT2D eigenvalue weighted by Crippen LogP contribution is 2.36. The zero-order chi connectivity index (χ0) is 15.4. The molecule has 0 aliphatic heterocycles. The number of fused-ring (bicyclic) bond motifs is 1. The molecule has 3 rings (SSSR count). The summed E-state index contributed by atoms with van der Waals surface area (Å²) in [5, 5.41) is 3.63. The summed E-state index contributed by atoms with van der Waals surface area (Å²) in [5.74, 6) is 1.55. The Balaban J connectivity index is 1.72. The number of benzene rings is 1. The maximum atomic E-state index is 10.9. The van der Waals surface area contributed by atoms with Gasteiger partial charge in [-0.1, -0.05) is 12.1 Å². The zero-order valence-electron chi connectivity index (χ0n) is 12.4. The topological polar surface area (TPSA) is 68.3 Å². The number of furan rings is 1. The predicted octanol–water partition coefficient (Wildman–Crippen LogP) is 3.74. The van der Waals surface area contributed by atoms with E-state index in [9.17, 15) is 4.79 Å². The van der Waals surface area contributed by atoms with Gasteiger partial charge in [-0.15, -0.1) is 11.8 Å². The molecule has 0 saturated heterocycles. The number of carbonyl (C=O) groups excluding carboxylic acids is 1. The lowest BCUT2D eigenvalue weighted by atomic mass is 9.93. The van der Waals surface area contributed by atoms with Crippen molar-refractivity contribution >= 4 is 23.4 Å². The largest absolute Gasteiger partial charge is 0.469 e. The van der Waals surface area contributed by atoms with E-state index < -0.39 is 0 Å². The van der Waals surface area contributed by atoms with Crippen LogP contribution in [0.15, 0.2) is 45.9 Å². The fourth-order valence-corrected chi connectivity index (χ4v) is 3.78. The molecular formula is C17H20N2O2S. The molecule has 1 amide bonds. The van der Waals surface area contributed by atoms with Gasteiger partial charge in [0.15, 0.2) is 0 Å². The fraction of sp³-hybridized carbons (Fsp3) is 0.353. The van der Waals surface area contributed by atoms with Crippen LogP contribution in [0.2, 0.25) is 0 Å². The van der Waals surface area contributed by atoms with Crippen LogP contribution in [0.25, 0.3) is 0 Å². The molecule has 3 N–H and O–H groups in total. The minimum atomic E-state index is -0.256. The van der Waals surface area contributed by atoms with E-state index in [-0.39, 0.29) is 5.91 Å². The lowest BCUT2D eigenvalue weighted by Gasteiger charge is -2.25. The highest BCUT2D eigenvalue weighted by Gasteiger charge is 2.23. The number of anilines is 1. The number of rotatable bonds is 6. The first kappa shape index (κ1) is 15.0. The van der Waals surface area contributed by atoms with Gasteiger partial charge in [0.2, 0.25) is 5.91 Å². The number of carbonyl (C=O) groups is 1. The molecule has 1 aromatic heterocycles. The van der Waals surface area contributed by atoms with Gasteiger partial charge in [-0.2, -0.15) is 0 Å². The third-order valence-electron chi connectivity index (χ3n) is 3.87. The number of hydrogen-bond donors (Lipinski definition) is 2. The van der Waals surface area contributed by atoms with Crippen molar-refractivity contribution in [2.24, 2.45) is 5.73 Å². The average Bonchev–Trinajstić information content (AvgIpc) is 2.98. The number of nitrogens with two attached hydrogens (primary N) is 1. The molecule has 1 heterocycles. The summed E-state index contributed by atoms with van der Waals surface area (Å²) < 4.78 is 5.55. The van der Waals surface area contributed by atoms with Crippen LogP contribution in [0.3, 0.4) is 0 Å². The number of nitrogens with one attached hydrogen (secondary N) is 1. The van der Waals surface area contributed by atoms with E-state index in [4.69, 9.17) is 10.2 Å².